The van der Waals surface area contributed by atoms with Crippen molar-refractivity contribution in [3.05, 3.63) is 29.3 Å². The van der Waals surface area contributed by atoms with Gasteiger partial charge in [0, 0.05) is 5.56 Å². The van der Waals surface area contributed by atoms with Crippen molar-refractivity contribution in [2.75, 3.05) is 14.2 Å². The molecule has 5 nitrogen and oxygen atoms in total. The molecule has 1 rings (SSSR count). The molecule has 0 amide bonds. The summed E-state index contributed by atoms with van der Waals surface area (Å²) in [5.41, 5.74) is 1.15. The van der Waals surface area contributed by atoms with Crippen LogP contribution >= 0.6 is 0 Å². The highest BCUT2D eigenvalue weighted by Gasteiger charge is 2.19. The van der Waals surface area contributed by atoms with Crippen molar-refractivity contribution in [2.24, 2.45) is 0 Å². The zero-order chi connectivity index (χ0) is 13.7. The van der Waals surface area contributed by atoms with Crippen LogP contribution in [0.25, 0.3) is 0 Å². The monoisotopic (exact) mass is 250 g/mol. The topological polar surface area (TPSA) is 69.7 Å². The van der Waals surface area contributed by atoms with E-state index in [1.54, 1.807) is 25.1 Å². The molecule has 1 aromatic carbocycles. The highest BCUT2D eigenvalue weighted by Crippen LogP contribution is 2.19. The first-order valence-corrected chi connectivity index (χ1v) is 5.28. The molecule has 0 aliphatic heterocycles. The van der Waals surface area contributed by atoms with E-state index in [0.29, 0.717) is 11.3 Å². The van der Waals surface area contributed by atoms with Gasteiger partial charge in [-0.25, -0.2) is 4.79 Å². The number of hydrogen-bond donors (Lipinski definition) is 0. The van der Waals surface area contributed by atoms with E-state index >= 15 is 0 Å². The summed E-state index contributed by atoms with van der Waals surface area (Å²) in [5.74, 6) is -1.62. The molecular formula is C13H14O5. The van der Waals surface area contributed by atoms with Gasteiger partial charge in [-0.05, 0) is 30.7 Å². The molecule has 0 spiro atoms. The highest BCUT2D eigenvalue weighted by molar-refractivity contribution is 6.38. The lowest BCUT2D eigenvalue weighted by Crippen LogP contribution is -2.19. The maximum Gasteiger partial charge on any atom is 0.374 e. The van der Waals surface area contributed by atoms with Crippen LogP contribution in [0.5, 0.6) is 5.75 Å². The van der Waals surface area contributed by atoms with Crippen molar-refractivity contribution in [3.63, 3.8) is 0 Å². The number of Topliss-reactive ketones (excluding diaryl/α,β-unsaturated/α-hetero) is 2. The minimum Gasteiger partial charge on any atom is -0.496 e. The van der Waals surface area contributed by atoms with E-state index in [0.717, 1.165) is 12.7 Å². The van der Waals surface area contributed by atoms with E-state index in [1.807, 2.05) is 0 Å². The van der Waals surface area contributed by atoms with Crippen LogP contribution in [0.15, 0.2) is 18.2 Å². The smallest absolute Gasteiger partial charge is 0.374 e. The predicted octanol–water partition coefficient (Wildman–Crippen LogP) is 1.32. The summed E-state index contributed by atoms with van der Waals surface area (Å²) in [6.07, 6.45) is -0.488. The van der Waals surface area contributed by atoms with Crippen LogP contribution in [-0.4, -0.2) is 31.8 Å². The molecule has 0 radical (unpaired) electrons. The summed E-state index contributed by atoms with van der Waals surface area (Å²) < 4.78 is 9.31. The van der Waals surface area contributed by atoms with Crippen LogP contribution in [0.3, 0.4) is 0 Å². The molecule has 0 aliphatic rings. The molecule has 0 saturated heterocycles. The van der Waals surface area contributed by atoms with Gasteiger partial charge in [0.2, 0.25) is 5.78 Å². The molecule has 0 unspecified atom stereocenters. The van der Waals surface area contributed by atoms with E-state index in [4.69, 9.17) is 4.74 Å². The number of rotatable bonds is 5. The predicted molar refractivity (Wildman–Crippen MR) is 63.7 cm³/mol. The second-order valence-electron chi connectivity index (χ2n) is 3.70. The summed E-state index contributed by atoms with van der Waals surface area (Å²) in [6, 6.07) is 4.82. The zero-order valence-corrected chi connectivity index (χ0v) is 10.5. The fraction of sp³-hybridized carbons (Fsp3) is 0.308. The van der Waals surface area contributed by atoms with Gasteiger partial charge in [0.25, 0.3) is 0 Å². The Kier molecular flexibility index (Phi) is 4.59. The maximum atomic E-state index is 11.8. The Morgan fingerprint density at radius 1 is 1.17 bits per heavy atom. The second-order valence-corrected chi connectivity index (χ2v) is 3.70. The number of carbonyl (C=O) groups excluding carboxylic acids is 3. The number of methoxy groups -OCH3 is 2. The minimum absolute atomic E-state index is 0.366. The summed E-state index contributed by atoms with van der Waals surface area (Å²) in [6.45, 7) is 1.79. The molecule has 0 atom stereocenters. The highest BCUT2D eigenvalue weighted by atomic mass is 16.5. The van der Waals surface area contributed by atoms with Crippen molar-refractivity contribution in [1.82, 2.24) is 0 Å². The fourth-order valence-corrected chi connectivity index (χ4v) is 1.49. The third-order valence-electron chi connectivity index (χ3n) is 2.45. The van der Waals surface area contributed by atoms with Gasteiger partial charge in [-0.1, -0.05) is 0 Å². The number of carbonyl (C=O) groups is 3. The minimum atomic E-state index is -1.01. The van der Waals surface area contributed by atoms with Crippen LogP contribution in [0.1, 0.15) is 22.3 Å². The third kappa shape index (κ3) is 3.16. The number of ether oxygens (including phenoxy) is 2. The lowest BCUT2D eigenvalue weighted by molar-refractivity contribution is -0.151. The largest absolute Gasteiger partial charge is 0.496 e. The van der Waals surface area contributed by atoms with Crippen LogP contribution in [-0.2, 0) is 14.3 Å². The molecule has 0 aromatic heterocycles. The average molecular weight is 250 g/mol. The quantitative estimate of drug-likeness (QED) is 0.341. The van der Waals surface area contributed by atoms with Gasteiger partial charge in [0.05, 0.1) is 20.6 Å². The fourth-order valence-electron chi connectivity index (χ4n) is 1.49. The van der Waals surface area contributed by atoms with Crippen molar-refractivity contribution >= 4 is 17.5 Å². The van der Waals surface area contributed by atoms with Gasteiger partial charge in [-0.3, -0.25) is 9.59 Å². The molecular weight excluding hydrogens is 236 g/mol. The van der Waals surface area contributed by atoms with Crippen LogP contribution in [0.2, 0.25) is 0 Å². The van der Waals surface area contributed by atoms with Crippen molar-refractivity contribution in [1.29, 1.82) is 0 Å². The van der Waals surface area contributed by atoms with Crippen LogP contribution in [0.4, 0.5) is 0 Å². The van der Waals surface area contributed by atoms with Gasteiger partial charge in [0.1, 0.15) is 5.75 Å². The summed E-state index contributed by atoms with van der Waals surface area (Å²) >= 11 is 0. The second kappa shape index (κ2) is 5.95. The average Bonchev–Trinajstić information content (AvgIpc) is 2.37. The number of aryl methyl sites for hydroxylation is 1. The third-order valence-corrected chi connectivity index (χ3v) is 2.45. The lowest BCUT2D eigenvalue weighted by Gasteiger charge is -2.06. The summed E-state index contributed by atoms with van der Waals surface area (Å²) in [5, 5.41) is 0. The normalized spacial score (nSPS) is 9.72. The summed E-state index contributed by atoms with van der Waals surface area (Å²) in [7, 11) is 2.63. The van der Waals surface area contributed by atoms with E-state index in [2.05, 4.69) is 4.74 Å². The first-order chi connectivity index (χ1) is 8.49. The molecule has 5 heteroatoms. The van der Waals surface area contributed by atoms with E-state index < -0.39 is 24.0 Å². The SMILES string of the molecule is COC(=O)C(=O)CC(=O)c1ccc(OC)c(C)c1. The molecule has 0 aliphatic carbocycles. The number of esters is 1. The molecule has 0 N–H and O–H groups in total. The molecule has 0 heterocycles. The maximum absolute atomic E-state index is 11.8. The Hall–Kier alpha value is -2.17. The molecule has 96 valence electrons. The van der Waals surface area contributed by atoms with Gasteiger partial charge >= 0.3 is 5.97 Å². The number of benzene rings is 1. The standard InChI is InChI=1S/C13H14O5/c1-8-6-9(4-5-12(8)17-2)10(14)7-11(15)13(16)18-3/h4-6H,7H2,1-3H3. The molecule has 0 saturated carbocycles. The van der Waals surface area contributed by atoms with Gasteiger partial charge in [-0.15, -0.1) is 0 Å². The van der Waals surface area contributed by atoms with E-state index in [-0.39, 0.29) is 0 Å². The first-order valence-electron chi connectivity index (χ1n) is 5.28. The number of ketones is 2. The van der Waals surface area contributed by atoms with Gasteiger partial charge < -0.3 is 9.47 Å². The molecule has 0 bridgehead atoms. The van der Waals surface area contributed by atoms with Crippen molar-refractivity contribution in [2.45, 2.75) is 13.3 Å². The number of hydrogen-bond acceptors (Lipinski definition) is 5. The first kappa shape index (κ1) is 13.9. The van der Waals surface area contributed by atoms with Crippen LogP contribution < -0.4 is 4.74 Å². The van der Waals surface area contributed by atoms with E-state index in [1.165, 1.54) is 7.11 Å². The Balaban J connectivity index is 2.82. The lowest BCUT2D eigenvalue weighted by atomic mass is 10.0. The van der Waals surface area contributed by atoms with Crippen LogP contribution in [0, 0.1) is 6.92 Å². The Morgan fingerprint density at radius 2 is 1.83 bits per heavy atom. The Bertz CT molecular complexity index is 490. The zero-order valence-electron chi connectivity index (χ0n) is 10.5. The van der Waals surface area contributed by atoms with Crippen molar-refractivity contribution in [3.8, 4) is 5.75 Å². The molecule has 1 aromatic rings. The summed E-state index contributed by atoms with van der Waals surface area (Å²) in [4.78, 5) is 33.9. The van der Waals surface area contributed by atoms with Crippen molar-refractivity contribution < 1.29 is 23.9 Å². The Labute approximate surface area is 105 Å². The molecule has 18 heavy (non-hydrogen) atoms. The Morgan fingerprint density at radius 3 is 2.33 bits per heavy atom. The molecule has 0 fully saturated rings. The van der Waals surface area contributed by atoms with Gasteiger partial charge in [-0.2, -0.15) is 0 Å². The van der Waals surface area contributed by atoms with E-state index in [9.17, 15) is 14.4 Å². The van der Waals surface area contributed by atoms with Gasteiger partial charge in [0.15, 0.2) is 5.78 Å².